The van der Waals surface area contributed by atoms with Gasteiger partial charge in [-0.2, -0.15) is 5.10 Å². The smallest absolute Gasteiger partial charge is 0.251 e. The van der Waals surface area contributed by atoms with Crippen LogP contribution in [0.2, 0.25) is 0 Å². The van der Waals surface area contributed by atoms with Crippen LogP contribution in [0.25, 0.3) is 11.1 Å². The second-order valence-electron chi connectivity index (χ2n) is 4.91. The van der Waals surface area contributed by atoms with Crippen molar-refractivity contribution in [3.05, 3.63) is 42.2 Å². The summed E-state index contributed by atoms with van der Waals surface area (Å²) in [6, 6.07) is 7.50. The summed E-state index contributed by atoms with van der Waals surface area (Å²) >= 11 is 0. The topological polar surface area (TPSA) is 67.0 Å². The molecule has 1 saturated heterocycles. The Labute approximate surface area is 117 Å². The third kappa shape index (κ3) is 2.88. The van der Waals surface area contributed by atoms with Crippen LogP contribution < -0.4 is 5.32 Å². The van der Waals surface area contributed by atoms with Crippen LogP contribution in [0.4, 0.5) is 0 Å². The molecule has 1 fully saturated rings. The molecule has 2 N–H and O–H groups in total. The van der Waals surface area contributed by atoms with E-state index in [-0.39, 0.29) is 12.0 Å². The number of nitrogens with zero attached hydrogens (tertiary/aromatic N) is 1. The van der Waals surface area contributed by atoms with Gasteiger partial charge in [-0.3, -0.25) is 9.89 Å². The summed E-state index contributed by atoms with van der Waals surface area (Å²) in [5.74, 6) is -0.0563. The zero-order chi connectivity index (χ0) is 13.8. The lowest BCUT2D eigenvalue weighted by atomic mass is 10.1. The van der Waals surface area contributed by atoms with E-state index in [0.29, 0.717) is 12.1 Å². The summed E-state index contributed by atoms with van der Waals surface area (Å²) in [6.07, 6.45) is 5.86. The Bertz CT molecular complexity index is 557. The second kappa shape index (κ2) is 5.88. The lowest BCUT2D eigenvalue weighted by Crippen LogP contribution is -2.31. The molecule has 1 aromatic carbocycles. The highest BCUT2D eigenvalue weighted by Gasteiger charge is 2.16. The van der Waals surface area contributed by atoms with Gasteiger partial charge in [0.05, 0.1) is 12.3 Å². The standard InChI is InChI=1S/C15H17N3O2/c19-15(16-10-14-2-1-7-20-14)12-5-3-11(4-6-12)13-8-17-18-9-13/h3-6,8-9,14H,1-2,7,10H2,(H,16,19)(H,17,18). The molecule has 1 aliphatic heterocycles. The molecule has 1 aliphatic rings. The molecule has 1 aromatic heterocycles. The molecule has 3 rings (SSSR count). The molecule has 20 heavy (non-hydrogen) atoms. The van der Waals surface area contributed by atoms with Crippen LogP contribution in [0.3, 0.4) is 0 Å². The first-order valence-electron chi connectivity index (χ1n) is 6.82. The molecule has 5 heteroatoms. The molecule has 0 saturated carbocycles. The first kappa shape index (κ1) is 12.9. The molecular weight excluding hydrogens is 254 g/mol. The van der Waals surface area contributed by atoms with Gasteiger partial charge in [0.25, 0.3) is 5.91 Å². The van der Waals surface area contributed by atoms with Gasteiger partial charge < -0.3 is 10.1 Å². The Balaban J connectivity index is 1.60. The molecule has 1 unspecified atom stereocenters. The van der Waals surface area contributed by atoms with Crippen molar-refractivity contribution in [1.82, 2.24) is 15.5 Å². The van der Waals surface area contributed by atoms with Crippen LogP contribution in [-0.2, 0) is 4.74 Å². The quantitative estimate of drug-likeness (QED) is 0.893. The maximum absolute atomic E-state index is 12.0. The lowest BCUT2D eigenvalue weighted by molar-refractivity contribution is 0.0858. The van der Waals surface area contributed by atoms with Crippen molar-refractivity contribution in [2.45, 2.75) is 18.9 Å². The molecule has 0 spiro atoms. The van der Waals surface area contributed by atoms with E-state index >= 15 is 0 Å². The first-order chi connectivity index (χ1) is 9.83. The number of carbonyl (C=O) groups excluding carboxylic acids is 1. The zero-order valence-electron chi connectivity index (χ0n) is 11.1. The van der Waals surface area contributed by atoms with Gasteiger partial charge in [-0.05, 0) is 30.5 Å². The van der Waals surface area contributed by atoms with E-state index in [0.717, 1.165) is 30.6 Å². The number of carbonyl (C=O) groups is 1. The van der Waals surface area contributed by atoms with Gasteiger partial charge in [-0.1, -0.05) is 12.1 Å². The van der Waals surface area contributed by atoms with Crippen LogP contribution >= 0.6 is 0 Å². The Morgan fingerprint density at radius 1 is 1.35 bits per heavy atom. The van der Waals surface area contributed by atoms with E-state index in [4.69, 9.17) is 4.74 Å². The largest absolute Gasteiger partial charge is 0.376 e. The Hall–Kier alpha value is -2.14. The molecule has 1 amide bonds. The predicted octanol–water partition coefficient (Wildman–Crippen LogP) is 1.99. The van der Waals surface area contributed by atoms with Crippen molar-refractivity contribution in [2.75, 3.05) is 13.2 Å². The number of aromatic nitrogens is 2. The molecule has 2 heterocycles. The SMILES string of the molecule is O=C(NCC1CCCO1)c1ccc(-c2cn[nH]c2)cc1. The molecule has 0 radical (unpaired) electrons. The normalized spacial score (nSPS) is 18.1. The zero-order valence-corrected chi connectivity index (χ0v) is 11.1. The molecule has 2 aromatic rings. The second-order valence-corrected chi connectivity index (χ2v) is 4.91. The minimum absolute atomic E-state index is 0.0563. The van der Waals surface area contributed by atoms with E-state index in [9.17, 15) is 4.79 Å². The number of amides is 1. The summed E-state index contributed by atoms with van der Waals surface area (Å²) < 4.78 is 5.48. The fourth-order valence-electron chi connectivity index (χ4n) is 2.34. The van der Waals surface area contributed by atoms with Crippen LogP contribution in [0, 0.1) is 0 Å². The van der Waals surface area contributed by atoms with Crippen molar-refractivity contribution in [1.29, 1.82) is 0 Å². The van der Waals surface area contributed by atoms with Gasteiger partial charge in [-0.15, -0.1) is 0 Å². The van der Waals surface area contributed by atoms with Crippen LogP contribution in [0.1, 0.15) is 23.2 Å². The maximum Gasteiger partial charge on any atom is 0.251 e. The van der Waals surface area contributed by atoms with E-state index < -0.39 is 0 Å². The monoisotopic (exact) mass is 271 g/mol. The number of hydrogen-bond donors (Lipinski definition) is 2. The minimum Gasteiger partial charge on any atom is -0.376 e. The Morgan fingerprint density at radius 3 is 2.85 bits per heavy atom. The highest BCUT2D eigenvalue weighted by Crippen LogP contribution is 2.18. The van der Waals surface area contributed by atoms with Crippen molar-refractivity contribution in [3.63, 3.8) is 0 Å². The van der Waals surface area contributed by atoms with Gasteiger partial charge in [0.1, 0.15) is 0 Å². The number of hydrogen-bond acceptors (Lipinski definition) is 3. The number of ether oxygens (including phenoxy) is 1. The van der Waals surface area contributed by atoms with Crippen LogP contribution in [0.15, 0.2) is 36.7 Å². The fourth-order valence-corrected chi connectivity index (χ4v) is 2.34. The number of rotatable bonds is 4. The number of benzene rings is 1. The van der Waals surface area contributed by atoms with Crippen molar-refractivity contribution in [2.24, 2.45) is 0 Å². The van der Waals surface area contributed by atoms with Gasteiger partial charge in [0.2, 0.25) is 0 Å². The van der Waals surface area contributed by atoms with Crippen molar-refractivity contribution < 1.29 is 9.53 Å². The number of H-pyrrole nitrogens is 1. The summed E-state index contributed by atoms with van der Waals surface area (Å²) in [6.45, 7) is 1.39. The number of aromatic amines is 1. The first-order valence-corrected chi connectivity index (χ1v) is 6.82. The highest BCUT2D eigenvalue weighted by atomic mass is 16.5. The third-order valence-corrected chi connectivity index (χ3v) is 3.49. The molecule has 1 atom stereocenters. The summed E-state index contributed by atoms with van der Waals surface area (Å²) in [5.41, 5.74) is 2.71. The van der Waals surface area contributed by atoms with Gasteiger partial charge in [0.15, 0.2) is 0 Å². The van der Waals surface area contributed by atoms with Crippen LogP contribution in [-0.4, -0.2) is 35.4 Å². The van der Waals surface area contributed by atoms with Gasteiger partial charge in [0, 0.05) is 30.5 Å². The van der Waals surface area contributed by atoms with E-state index in [2.05, 4.69) is 15.5 Å². The van der Waals surface area contributed by atoms with Crippen molar-refractivity contribution in [3.8, 4) is 11.1 Å². The van der Waals surface area contributed by atoms with E-state index in [1.54, 1.807) is 6.20 Å². The summed E-state index contributed by atoms with van der Waals surface area (Å²) in [5, 5.41) is 9.60. The van der Waals surface area contributed by atoms with Crippen LogP contribution in [0.5, 0.6) is 0 Å². The van der Waals surface area contributed by atoms with E-state index in [1.807, 2.05) is 30.5 Å². The minimum atomic E-state index is -0.0563. The van der Waals surface area contributed by atoms with Gasteiger partial charge >= 0.3 is 0 Å². The molecular formula is C15H17N3O2. The average Bonchev–Trinajstić information content (AvgIpc) is 3.18. The Morgan fingerprint density at radius 2 is 2.20 bits per heavy atom. The lowest BCUT2D eigenvalue weighted by Gasteiger charge is -2.10. The molecule has 104 valence electrons. The number of nitrogens with one attached hydrogen (secondary N) is 2. The molecule has 0 bridgehead atoms. The third-order valence-electron chi connectivity index (χ3n) is 3.49. The maximum atomic E-state index is 12.0. The average molecular weight is 271 g/mol. The summed E-state index contributed by atoms with van der Waals surface area (Å²) in [4.78, 5) is 12.0. The van der Waals surface area contributed by atoms with Gasteiger partial charge in [-0.25, -0.2) is 0 Å². The summed E-state index contributed by atoms with van der Waals surface area (Å²) in [7, 11) is 0. The highest BCUT2D eigenvalue weighted by molar-refractivity contribution is 5.94. The van der Waals surface area contributed by atoms with Crippen molar-refractivity contribution >= 4 is 5.91 Å². The fraction of sp³-hybridized carbons (Fsp3) is 0.333. The van der Waals surface area contributed by atoms with E-state index in [1.165, 1.54) is 0 Å². The Kier molecular flexibility index (Phi) is 3.78. The predicted molar refractivity (Wildman–Crippen MR) is 75.3 cm³/mol. The molecule has 0 aliphatic carbocycles. The molecule has 5 nitrogen and oxygen atoms in total.